The zero-order valence-corrected chi connectivity index (χ0v) is 12.7. The lowest BCUT2D eigenvalue weighted by atomic mass is 9.95. The molecule has 0 saturated heterocycles. The van der Waals surface area contributed by atoms with Crippen molar-refractivity contribution in [1.82, 2.24) is 4.90 Å². The van der Waals surface area contributed by atoms with Crippen LogP contribution in [0.15, 0.2) is 24.3 Å². The Morgan fingerprint density at radius 1 is 1.33 bits per heavy atom. The molecule has 0 unspecified atom stereocenters. The quantitative estimate of drug-likeness (QED) is 0.783. The molecule has 1 heterocycles. The molecule has 3 heteroatoms. The summed E-state index contributed by atoms with van der Waals surface area (Å²) in [4.78, 5) is 14.5. The van der Waals surface area contributed by atoms with Crippen LogP contribution in [-0.4, -0.2) is 29.2 Å². The second kappa shape index (κ2) is 5.43. The van der Waals surface area contributed by atoms with E-state index in [1.807, 2.05) is 23.1 Å². The van der Waals surface area contributed by atoms with E-state index in [0.29, 0.717) is 0 Å². The van der Waals surface area contributed by atoms with Crippen molar-refractivity contribution in [3.8, 4) is 0 Å². The summed E-state index contributed by atoms with van der Waals surface area (Å²) >= 11 is 3.53. The molecule has 1 aliphatic rings. The molecular weight excluding hydrogens is 290 g/mol. The second-order valence-corrected chi connectivity index (χ2v) is 6.35. The summed E-state index contributed by atoms with van der Waals surface area (Å²) in [5.41, 5.74) is 2.21. The van der Waals surface area contributed by atoms with Gasteiger partial charge in [-0.15, -0.1) is 0 Å². The van der Waals surface area contributed by atoms with Gasteiger partial charge >= 0.3 is 0 Å². The number of benzene rings is 1. The Hall–Kier alpha value is -0.830. The number of nitrogens with zero attached hydrogens (tertiary/aromatic N) is 1. The number of carbonyl (C=O) groups is 1. The van der Waals surface area contributed by atoms with Gasteiger partial charge in [-0.2, -0.15) is 0 Å². The van der Waals surface area contributed by atoms with Crippen molar-refractivity contribution in [1.29, 1.82) is 0 Å². The maximum absolute atomic E-state index is 12.5. The minimum Gasteiger partial charge on any atom is -0.338 e. The van der Waals surface area contributed by atoms with Gasteiger partial charge in [-0.1, -0.05) is 48.0 Å². The number of fused-ring (bicyclic) bond motifs is 1. The van der Waals surface area contributed by atoms with Crippen molar-refractivity contribution in [2.75, 3.05) is 18.4 Å². The molecule has 2 rings (SSSR count). The van der Waals surface area contributed by atoms with Crippen molar-refractivity contribution in [2.24, 2.45) is 5.41 Å². The van der Waals surface area contributed by atoms with E-state index in [0.717, 1.165) is 36.8 Å². The Morgan fingerprint density at radius 3 is 2.78 bits per heavy atom. The monoisotopic (exact) mass is 309 g/mol. The Bertz CT molecular complexity index is 442. The number of halogens is 1. The first kappa shape index (κ1) is 13.6. The van der Waals surface area contributed by atoms with Gasteiger partial charge in [0, 0.05) is 24.0 Å². The molecule has 0 atom stereocenters. The summed E-state index contributed by atoms with van der Waals surface area (Å²) in [6.07, 6.45) is 2.06. The molecule has 0 aliphatic carbocycles. The van der Waals surface area contributed by atoms with Gasteiger partial charge in [0.15, 0.2) is 0 Å². The SMILES string of the molecule is CC(C)(CBr)CN1CCCc2ccccc2C1=O. The number of amides is 1. The fourth-order valence-corrected chi connectivity index (χ4v) is 2.57. The molecular formula is C15H20BrNO. The van der Waals surface area contributed by atoms with E-state index < -0.39 is 0 Å². The number of rotatable bonds is 3. The first-order chi connectivity index (χ1) is 8.53. The Labute approximate surface area is 117 Å². The van der Waals surface area contributed by atoms with E-state index in [1.165, 1.54) is 5.56 Å². The van der Waals surface area contributed by atoms with E-state index in [-0.39, 0.29) is 11.3 Å². The molecule has 1 amide bonds. The topological polar surface area (TPSA) is 20.3 Å². The van der Waals surface area contributed by atoms with Crippen LogP contribution in [0.25, 0.3) is 0 Å². The lowest BCUT2D eigenvalue weighted by molar-refractivity contribution is 0.0705. The van der Waals surface area contributed by atoms with Crippen molar-refractivity contribution in [3.05, 3.63) is 35.4 Å². The number of carbonyl (C=O) groups excluding carboxylic acids is 1. The summed E-state index contributed by atoms with van der Waals surface area (Å²) in [5, 5.41) is 0.908. The average Bonchev–Trinajstić information content (AvgIpc) is 2.51. The molecule has 0 saturated carbocycles. The van der Waals surface area contributed by atoms with Crippen LogP contribution >= 0.6 is 15.9 Å². The Morgan fingerprint density at radius 2 is 2.06 bits per heavy atom. The summed E-state index contributed by atoms with van der Waals surface area (Å²) in [5.74, 6) is 0.192. The molecule has 1 aliphatic heterocycles. The van der Waals surface area contributed by atoms with Crippen LogP contribution < -0.4 is 0 Å². The number of aryl methyl sites for hydroxylation is 1. The fraction of sp³-hybridized carbons (Fsp3) is 0.533. The molecule has 1 aromatic rings. The third-order valence-electron chi connectivity index (χ3n) is 3.39. The number of hydrogen-bond donors (Lipinski definition) is 0. The van der Waals surface area contributed by atoms with E-state index in [2.05, 4.69) is 35.8 Å². The van der Waals surface area contributed by atoms with E-state index in [1.54, 1.807) is 0 Å². The van der Waals surface area contributed by atoms with Crippen LogP contribution in [0.1, 0.15) is 36.2 Å². The normalized spacial score (nSPS) is 16.4. The zero-order chi connectivity index (χ0) is 13.2. The highest BCUT2D eigenvalue weighted by Crippen LogP contribution is 2.24. The average molecular weight is 310 g/mol. The van der Waals surface area contributed by atoms with Gasteiger partial charge in [-0.05, 0) is 29.9 Å². The summed E-state index contributed by atoms with van der Waals surface area (Å²) < 4.78 is 0. The van der Waals surface area contributed by atoms with E-state index in [4.69, 9.17) is 0 Å². The van der Waals surface area contributed by atoms with Crippen LogP contribution in [0.5, 0.6) is 0 Å². The molecule has 18 heavy (non-hydrogen) atoms. The molecule has 1 aromatic carbocycles. The standard InChI is InChI=1S/C15H20BrNO/c1-15(2,10-16)11-17-9-5-7-12-6-3-4-8-13(12)14(17)18/h3-4,6,8H,5,7,9-11H2,1-2H3. The molecule has 0 fully saturated rings. The van der Waals surface area contributed by atoms with Crippen LogP contribution in [0.4, 0.5) is 0 Å². The fourth-order valence-electron chi connectivity index (χ4n) is 2.39. The minimum atomic E-state index is 0.120. The van der Waals surface area contributed by atoms with Gasteiger partial charge in [-0.25, -0.2) is 0 Å². The van der Waals surface area contributed by atoms with Crippen molar-refractivity contribution in [3.63, 3.8) is 0 Å². The smallest absolute Gasteiger partial charge is 0.254 e. The molecule has 0 N–H and O–H groups in total. The molecule has 0 bridgehead atoms. The highest BCUT2D eigenvalue weighted by Gasteiger charge is 2.27. The van der Waals surface area contributed by atoms with Gasteiger partial charge in [0.1, 0.15) is 0 Å². The van der Waals surface area contributed by atoms with Gasteiger partial charge < -0.3 is 4.90 Å². The maximum atomic E-state index is 12.5. The van der Waals surface area contributed by atoms with Gasteiger partial charge in [0.25, 0.3) is 5.91 Å². The van der Waals surface area contributed by atoms with Crippen LogP contribution in [0.3, 0.4) is 0 Å². The highest BCUT2D eigenvalue weighted by molar-refractivity contribution is 9.09. The predicted molar refractivity (Wildman–Crippen MR) is 78.2 cm³/mol. The second-order valence-electron chi connectivity index (χ2n) is 5.79. The van der Waals surface area contributed by atoms with Crippen LogP contribution in [0, 0.1) is 5.41 Å². The van der Waals surface area contributed by atoms with Gasteiger partial charge in [-0.3, -0.25) is 4.79 Å². The summed E-state index contributed by atoms with van der Waals surface area (Å²) in [7, 11) is 0. The van der Waals surface area contributed by atoms with Crippen molar-refractivity contribution in [2.45, 2.75) is 26.7 Å². The largest absolute Gasteiger partial charge is 0.338 e. The van der Waals surface area contributed by atoms with Crippen LogP contribution in [-0.2, 0) is 6.42 Å². The molecule has 0 spiro atoms. The lowest BCUT2D eigenvalue weighted by Crippen LogP contribution is -2.39. The summed E-state index contributed by atoms with van der Waals surface area (Å²) in [6.45, 7) is 6.05. The van der Waals surface area contributed by atoms with Crippen molar-refractivity contribution < 1.29 is 4.79 Å². The number of alkyl halides is 1. The third kappa shape index (κ3) is 2.94. The predicted octanol–water partition coefficient (Wildman–Crippen LogP) is 3.50. The third-order valence-corrected chi connectivity index (χ3v) is 4.91. The van der Waals surface area contributed by atoms with Crippen LogP contribution in [0.2, 0.25) is 0 Å². The van der Waals surface area contributed by atoms with Gasteiger partial charge in [0.05, 0.1) is 0 Å². The first-order valence-corrected chi connectivity index (χ1v) is 7.59. The zero-order valence-electron chi connectivity index (χ0n) is 11.1. The number of hydrogen-bond acceptors (Lipinski definition) is 1. The maximum Gasteiger partial charge on any atom is 0.254 e. The van der Waals surface area contributed by atoms with Gasteiger partial charge in [0.2, 0.25) is 0 Å². The molecule has 98 valence electrons. The molecule has 2 nitrogen and oxygen atoms in total. The lowest BCUT2D eigenvalue weighted by Gasteiger charge is -2.30. The van der Waals surface area contributed by atoms with E-state index >= 15 is 0 Å². The molecule has 0 aromatic heterocycles. The molecule has 0 radical (unpaired) electrons. The van der Waals surface area contributed by atoms with Crippen molar-refractivity contribution >= 4 is 21.8 Å². The Kier molecular flexibility index (Phi) is 4.10. The first-order valence-electron chi connectivity index (χ1n) is 6.47. The summed E-state index contributed by atoms with van der Waals surface area (Å²) in [6, 6.07) is 8.00. The highest BCUT2D eigenvalue weighted by atomic mass is 79.9. The Balaban J connectivity index is 2.23. The minimum absolute atomic E-state index is 0.120. The van der Waals surface area contributed by atoms with E-state index in [9.17, 15) is 4.79 Å².